The van der Waals surface area contributed by atoms with Crippen LogP contribution in [-0.4, -0.2) is 40.0 Å². The summed E-state index contributed by atoms with van der Waals surface area (Å²) in [6, 6.07) is 5.06. The number of rotatable bonds is 5. The number of anilines is 1. The van der Waals surface area contributed by atoms with Crippen LogP contribution in [0, 0.1) is 11.8 Å². The van der Waals surface area contributed by atoms with Crippen molar-refractivity contribution in [3.8, 4) is 11.5 Å². The van der Waals surface area contributed by atoms with Gasteiger partial charge in [-0.1, -0.05) is 6.42 Å². The molecule has 7 nitrogen and oxygen atoms in total. The molecule has 0 spiro atoms. The molecule has 25 heavy (non-hydrogen) atoms. The summed E-state index contributed by atoms with van der Waals surface area (Å²) in [4.78, 5) is 12.5. The maximum Gasteiger partial charge on any atom is 0.241 e. The van der Waals surface area contributed by atoms with Crippen molar-refractivity contribution < 1.29 is 22.7 Å². The van der Waals surface area contributed by atoms with Gasteiger partial charge in [0.15, 0.2) is 11.5 Å². The fourth-order valence-corrected chi connectivity index (χ4v) is 5.09. The minimum atomic E-state index is -3.60. The van der Waals surface area contributed by atoms with Crippen molar-refractivity contribution in [2.45, 2.75) is 31.7 Å². The zero-order chi connectivity index (χ0) is 17.6. The van der Waals surface area contributed by atoms with Gasteiger partial charge in [-0.3, -0.25) is 9.10 Å². The molecule has 2 bridgehead atoms. The summed E-state index contributed by atoms with van der Waals surface area (Å²) < 4.78 is 36.1. The second kappa shape index (κ2) is 6.09. The summed E-state index contributed by atoms with van der Waals surface area (Å²) in [5, 5.41) is 3.03. The molecular formula is C17H22N2O5S. The fourth-order valence-electron chi connectivity index (χ4n) is 4.24. The number of ether oxygens (including phenoxy) is 2. The second-order valence-electron chi connectivity index (χ2n) is 7.16. The van der Waals surface area contributed by atoms with E-state index in [1.807, 2.05) is 0 Å². The molecule has 3 atom stereocenters. The summed E-state index contributed by atoms with van der Waals surface area (Å²) >= 11 is 0. The molecule has 4 rings (SSSR count). The second-order valence-corrected chi connectivity index (χ2v) is 9.06. The molecule has 2 fully saturated rings. The van der Waals surface area contributed by atoms with Crippen molar-refractivity contribution >= 4 is 21.6 Å². The lowest BCUT2D eigenvalue weighted by molar-refractivity contribution is -0.120. The highest BCUT2D eigenvalue weighted by Crippen LogP contribution is 2.44. The molecule has 136 valence electrons. The predicted octanol–water partition coefficient (Wildman–Crippen LogP) is 1.49. The molecular weight excluding hydrogens is 344 g/mol. The Balaban J connectivity index is 1.49. The molecule has 1 aliphatic heterocycles. The third-order valence-electron chi connectivity index (χ3n) is 5.42. The van der Waals surface area contributed by atoms with E-state index in [4.69, 9.17) is 9.47 Å². The average Bonchev–Trinajstić information content (AvgIpc) is 3.26. The highest BCUT2D eigenvalue weighted by Gasteiger charge is 2.40. The van der Waals surface area contributed by atoms with Crippen molar-refractivity contribution in [2.24, 2.45) is 11.8 Å². The number of carbonyl (C=O) groups excluding carboxylic acids is 1. The van der Waals surface area contributed by atoms with Crippen LogP contribution >= 0.6 is 0 Å². The summed E-state index contributed by atoms with van der Waals surface area (Å²) in [6.45, 7) is -0.116. The van der Waals surface area contributed by atoms with Crippen LogP contribution in [0.3, 0.4) is 0 Å². The number of nitrogens with zero attached hydrogens (tertiary/aromatic N) is 1. The molecule has 1 heterocycles. The van der Waals surface area contributed by atoms with E-state index >= 15 is 0 Å². The van der Waals surface area contributed by atoms with Gasteiger partial charge in [-0.05, 0) is 43.2 Å². The average molecular weight is 366 g/mol. The van der Waals surface area contributed by atoms with Gasteiger partial charge in [0.2, 0.25) is 22.7 Å². The topological polar surface area (TPSA) is 84.9 Å². The molecule has 0 radical (unpaired) electrons. The van der Waals surface area contributed by atoms with Gasteiger partial charge in [-0.25, -0.2) is 8.42 Å². The largest absolute Gasteiger partial charge is 0.454 e. The lowest BCUT2D eigenvalue weighted by Crippen LogP contribution is -2.45. The Labute approximate surface area is 147 Å². The van der Waals surface area contributed by atoms with Gasteiger partial charge in [0.25, 0.3) is 0 Å². The van der Waals surface area contributed by atoms with E-state index < -0.39 is 10.0 Å². The van der Waals surface area contributed by atoms with Gasteiger partial charge in [0, 0.05) is 12.1 Å². The van der Waals surface area contributed by atoms with Crippen molar-refractivity contribution in [3.63, 3.8) is 0 Å². The monoisotopic (exact) mass is 366 g/mol. The first-order valence-corrected chi connectivity index (χ1v) is 10.4. The highest BCUT2D eigenvalue weighted by molar-refractivity contribution is 7.92. The highest BCUT2D eigenvalue weighted by atomic mass is 32.2. The predicted molar refractivity (Wildman–Crippen MR) is 92.1 cm³/mol. The van der Waals surface area contributed by atoms with Crippen LogP contribution < -0.4 is 19.1 Å². The molecule has 1 aromatic carbocycles. The van der Waals surface area contributed by atoms with Gasteiger partial charge < -0.3 is 14.8 Å². The lowest BCUT2D eigenvalue weighted by atomic mass is 9.95. The van der Waals surface area contributed by atoms with Gasteiger partial charge in [0.1, 0.15) is 6.54 Å². The number of hydrogen-bond donors (Lipinski definition) is 1. The fraction of sp³-hybridized carbons (Fsp3) is 0.588. The smallest absolute Gasteiger partial charge is 0.241 e. The van der Waals surface area contributed by atoms with Crippen molar-refractivity contribution in [3.05, 3.63) is 18.2 Å². The Hall–Kier alpha value is -1.96. The summed E-state index contributed by atoms with van der Waals surface area (Å²) in [7, 11) is -3.60. The first kappa shape index (κ1) is 16.5. The number of benzene rings is 1. The number of amides is 1. The molecule has 3 aliphatic rings. The van der Waals surface area contributed by atoms with Crippen molar-refractivity contribution in [2.75, 3.05) is 23.9 Å². The normalized spacial score (nSPS) is 26.7. The van der Waals surface area contributed by atoms with Crippen LogP contribution in [0.2, 0.25) is 0 Å². The Morgan fingerprint density at radius 2 is 2.04 bits per heavy atom. The van der Waals surface area contributed by atoms with Gasteiger partial charge >= 0.3 is 0 Å². The van der Waals surface area contributed by atoms with Crippen molar-refractivity contribution in [1.82, 2.24) is 5.32 Å². The number of nitrogens with one attached hydrogen (secondary N) is 1. The van der Waals surface area contributed by atoms with Crippen LogP contribution in [0.25, 0.3) is 0 Å². The Morgan fingerprint density at radius 3 is 2.72 bits per heavy atom. The van der Waals surface area contributed by atoms with Crippen LogP contribution in [0.1, 0.15) is 25.7 Å². The summed E-state index contributed by atoms with van der Waals surface area (Å²) in [6.07, 6.45) is 5.71. The molecule has 8 heteroatoms. The molecule has 0 aromatic heterocycles. The van der Waals surface area contributed by atoms with Crippen molar-refractivity contribution in [1.29, 1.82) is 0 Å². The first-order valence-electron chi connectivity index (χ1n) is 8.57. The SMILES string of the molecule is CS(=O)(=O)N(CC(=O)NC1CC2CCC1C2)c1ccc2c(c1)OCO2. The van der Waals surface area contributed by atoms with E-state index in [-0.39, 0.29) is 25.3 Å². The molecule has 1 N–H and O–H groups in total. The van der Waals surface area contributed by atoms with E-state index in [2.05, 4.69) is 5.32 Å². The number of hydrogen-bond acceptors (Lipinski definition) is 5. The van der Waals surface area contributed by atoms with Gasteiger partial charge in [-0.15, -0.1) is 0 Å². The summed E-state index contributed by atoms with van der Waals surface area (Å²) in [5.41, 5.74) is 0.398. The third-order valence-corrected chi connectivity index (χ3v) is 6.56. The quantitative estimate of drug-likeness (QED) is 0.853. The third kappa shape index (κ3) is 3.27. The lowest BCUT2D eigenvalue weighted by Gasteiger charge is -2.26. The van der Waals surface area contributed by atoms with Gasteiger partial charge in [0.05, 0.1) is 11.9 Å². The van der Waals surface area contributed by atoms with E-state index in [0.29, 0.717) is 23.1 Å². The van der Waals surface area contributed by atoms with Crippen LogP contribution in [0.15, 0.2) is 18.2 Å². The maximum absolute atomic E-state index is 12.5. The zero-order valence-electron chi connectivity index (χ0n) is 14.1. The van der Waals surface area contributed by atoms with Crippen LogP contribution in [0.4, 0.5) is 5.69 Å². The minimum Gasteiger partial charge on any atom is -0.454 e. The number of sulfonamides is 1. The molecule has 1 aromatic rings. The maximum atomic E-state index is 12.5. The molecule has 1 amide bonds. The summed E-state index contributed by atoms with van der Waals surface area (Å²) in [5.74, 6) is 2.06. The number of fused-ring (bicyclic) bond motifs is 3. The van der Waals surface area contributed by atoms with E-state index in [1.54, 1.807) is 18.2 Å². The van der Waals surface area contributed by atoms with Crippen LogP contribution in [-0.2, 0) is 14.8 Å². The van der Waals surface area contributed by atoms with E-state index in [9.17, 15) is 13.2 Å². The van der Waals surface area contributed by atoms with E-state index in [0.717, 1.165) is 29.3 Å². The number of carbonyl (C=O) groups is 1. The first-order chi connectivity index (χ1) is 11.9. The molecule has 2 aliphatic carbocycles. The standard InChI is InChI=1S/C17H22N2O5S/c1-25(21,22)19(13-4-5-15-16(8-13)24-10-23-15)9-17(20)18-14-7-11-2-3-12(14)6-11/h4-5,8,11-12,14H,2-3,6-7,9-10H2,1H3,(H,18,20). The minimum absolute atomic E-state index is 0.113. The van der Waals surface area contributed by atoms with Gasteiger partial charge in [-0.2, -0.15) is 0 Å². The zero-order valence-corrected chi connectivity index (χ0v) is 14.9. The Morgan fingerprint density at radius 1 is 1.24 bits per heavy atom. The van der Waals surface area contributed by atoms with Crippen LogP contribution in [0.5, 0.6) is 11.5 Å². The molecule has 0 saturated heterocycles. The van der Waals surface area contributed by atoms with E-state index in [1.165, 1.54) is 12.8 Å². The molecule has 3 unspecified atom stereocenters. The Bertz CT molecular complexity index is 794. The molecule has 2 saturated carbocycles. The Kier molecular flexibility index (Phi) is 4.02.